The van der Waals surface area contributed by atoms with Crippen LogP contribution in [0, 0.1) is 0 Å². The highest BCUT2D eigenvalue weighted by Gasteiger charge is 2.23. The second-order valence-electron chi connectivity index (χ2n) is 16.4. The van der Waals surface area contributed by atoms with E-state index in [0.717, 1.165) is 88.0 Å². The summed E-state index contributed by atoms with van der Waals surface area (Å²) in [5.41, 5.74) is 9.93. The zero-order valence-electron chi connectivity index (χ0n) is 34.9. The Labute approximate surface area is 372 Å². The third-order valence-corrected chi connectivity index (χ3v) is 12.7. The summed E-state index contributed by atoms with van der Waals surface area (Å²) in [6, 6.07) is 74.6. The van der Waals surface area contributed by atoms with Gasteiger partial charge in [0, 0.05) is 60.7 Å². The van der Waals surface area contributed by atoms with Gasteiger partial charge in [0.05, 0.1) is 33.0 Å². The van der Waals surface area contributed by atoms with Gasteiger partial charge in [0.2, 0.25) is 0 Å². The van der Waals surface area contributed by atoms with E-state index in [-0.39, 0.29) is 5.56 Å². The lowest BCUT2D eigenvalue weighted by molar-refractivity contribution is 1.05. The summed E-state index contributed by atoms with van der Waals surface area (Å²) in [4.78, 5) is 31.2. The van der Waals surface area contributed by atoms with Crippen LogP contribution < -0.4 is 5.56 Å². The van der Waals surface area contributed by atoms with Gasteiger partial charge in [-0.15, -0.1) is 0 Å². The topological polar surface area (TPSA) is 70.5 Å². The van der Waals surface area contributed by atoms with Crippen molar-refractivity contribution >= 4 is 65.3 Å². The van der Waals surface area contributed by atoms with Crippen LogP contribution in [0.25, 0.3) is 117 Å². The molecular weight excluding hydrogens is 797 g/mol. The number of aromatic nitrogens is 6. The summed E-state index contributed by atoms with van der Waals surface area (Å²) in [5.74, 6) is 1.65. The standard InChI is InChI=1S/C58H36N6O/c65-58-53-45(32-33-46-43-28-13-16-31-50(43)63(54(46)53)41-25-11-4-12-26-41)48-35-47-44-29-14-15-30-49(44)62(40-23-9-3-10-24-40)51(47)36-52(48)64(58)42-27-17-22-39(34-42)57-60-55(37-18-5-1-6-19-37)59-56(61-57)38-20-7-2-8-21-38/h1-36H. The molecule has 13 aromatic rings. The van der Waals surface area contributed by atoms with E-state index in [9.17, 15) is 0 Å². The molecular formula is C58H36N6O. The van der Waals surface area contributed by atoms with Gasteiger partial charge >= 0.3 is 0 Å². The Morgan fingerprint density at radius 2 is 0.738 bits per heavy atom. The molecule has 0 amide bonds. The molecule has 0 spiro atoms. The van der Waals surface area contributed by atoms with Gasteiger partial charge in [-0.1, -0.05) is 158 Å². The van der Waals surface area contributed by atoms with E-state index >= 15 is 4.79 Å². The molecule has 0 aliphatic rings. The molecule has 4 heterocycles. The fourth-order valence-corrected chi connectivity index (χ4v) is 9.80. The van der Waals surface area contributed by atoms with E-state index in [2.05, 4.69) is 118 Å². The van der Waals surface area contributed by atoms with Gasteiger partial charge in [0.15, 0.2) is 17.5 Å². The molecule has 7 nitrogen and oxygen atoms in total. The van der Waals surface area contributed by atoms with E-state index in [1.807, 2.05) is 114 Å². The number of nitrogens with zero attached hydrogens (tertiary/aromatic N) is 6. The van der Waals surface area contributed by atoms with Crippen LogP contribution in [0.1, 0.15) is 0 Å². The summed E-state index contributed by atoms with van der Waals surface area (Å²) < 4.78 is 6.45. The Bertz CT molecular complexity index is 4010. The molecule has 7 heteroatoms. The molecule has 65 heavy (non-hydrogen) atoms. The van der Waals surface area contributed by atoms with E-state index in [1.165, 1.54) is 0 Å². The predicted octanol–water partition coefficient (Wildman–Crippen LogP) is 13.5. The fourth-order valence-electron chi connectivity index (χ4n) is 9.80. The van der Waals surface area contributed by atoms with Crippen molar-refractivity contribution in [2.75, 3.05) is 0 Å². The zero-order valence-corrected chi connectivity index (χ0v) is 34.9. The molecule has 0 N–H and O–H groups in total. The molecule has 0 saturated heterocycles. The molecule has 0 aliphatic carbocycles. The first-order valence-corrected chi connectivity index (χ1v) is 21.7. The molecule has 0 saturated carbocycles. The van der Waals surface area contributed by atoms with Crippen molar-refractivity contribution in [2.45, 2.75) is 0 Å². The molecule has 0 unspecified atom stereocenters. The maximum atomic E-state index is 16.1. The number of hydrogen-bond donors (Lipinski definition) is 0. The average Bonchev–Trinajstić information content (AvgIpc) is 3.89. The van der Waals surface area contributed by atoms with Crippen LogP contribution >= 0.6 is 0 Å². The Balaban J connectivity index is 1.16. The molecule has 13 rings (SSSR count). The smallest absolute Gasteiger partial charge is 0.265 e. The van der Waals surface area contributed by atoms with Crippen LogP contribution in [-0.4, -0.2) is 28.7 Å². The number of benzene rings is 9. The predicted molar refractivity (Wildman–Crippen MR) is 265 cm³/mol. The first kappa shape index (κ1) is 36.7. The molecule has 9 aromatic carbocycles. The van der Waals surface area contributed by atoms with Gasteiger partial charge in [-0.2, -0.15) is 0 Å². The lowest BCUT2D eigenvalue weighted by Gasteiger charge is -2.17. The summed E-state index contributed by atoms with van der Waals surface area (Å²) in [6.45, 7) is 0. The van der Waals surface area contributed by atoms with Gasteiger partial charge in [-0.25, -0.2) is 15.0 Å². The van der Waals surface area contributed by atoms with Crippen LogP contribution in [0.5, 0.6) is 0 Å². The minimum Gasteiger partial charge on any atom is -0.309 e. The molecule has 0 fully saturated rings. The summed E-state index contributed by atoms with van der Waals surface area (Å²) in [5, 5.41) is 6.85. The Morgan fingerprint density at radius 3 is 1.37 bits per heavy atom. The fraction of sp³-hybridized carbons (Fsp3) is 0. The van der Waals surface area contributed by atoms with Gasteiger partial charge in [0.1, 0.15) is 0 Å². The first-order chi connectivity index (χ1) is 32.2. The largest absolute Gasteiger partial charge is 0.309 e. The van der Waals surface area contributed by atoms with E-state index in [0.29, 0.717) is 28.5 Å². The number of fused-ring (bicyclic) bond motifs is 10. The van der Waals surface area contributed by atoms with E-state index in [4.69, 9.17) is 15.0 Å². The van der Waals surface area contributed by atoms with Gasteiger partial charge in [-0.05, 0) is 66.0 Å². The normalized spacial score (nSPS) is 11.8. The Hall–Kier alpha value is -8.94. The first-order valence-electron chi connectivity index (χ1n) is 21.7. The third kappa shape index (κ3) is 5.76. The average molecular weight is 833 g/mol. The number of para-hydroxylation sites is 4. The number of rotatable bonds is 6. The quantitative estimate of drug-likeness (QED) is 0.157. The van der Waals surface area contributed by atoms with Crippen molar-refractivity contribution in [1.29, 1.82) is 0 Å². The van der Waals surface area contributed by atoms with Crippen LogP contribution in [0.3, 0.4) is 0 Å². The van der Waals surface area contributed by atoms with Gasteiger partial charge in [-0.3, -0.25) is 9.36 Å². The summed E-state index contributed by atoms with van der Waals surface area (Å²) in [6.07, 6.45) is 0. The third-order valence-electron chi connectivity index (χ3n) is 12.7. The maximum absolute atomic E-state index is 16.1. The Kier molecular flexibility index (Phi) is 8.23. The van der Waals surface area contributed by atoms with Gasteiger partial charge < -0.3 is 9.13 Å². The minimum absolute atomic E-state index is 0.123. The van der Waals surface area contributed by atoms with Gasteiger partial charge in [0.25, 0.3) is 5.56 Å². The highest BCUT2D eigenvalue weighted by atomic mass is 16.1. The highest BCUT2D eigenvalue weighted by Crippen LogP contribution is 2.41. The monoisotopic (exact) mass is 832 g/mol. The van der Waals surface area contributed by atoms with Crippen molar-refractivity contribution in [2.24, 2.45) is 0 Å². The zero-order chi connectivity index (χ0) is 43.0. The Morgan fingerprint density at radius 1 is 0.292 bits per heavy atom. The number of hydrogen-bond acceptors (Lipinski definition) is 4. The second kappa shape index (κ2) is 14.6. The molecule has 0 radical (unpaired) electrons. The molecule has 4 aromatic heterocycles. The maximum Gasteiger partial charge on any atom is 0.265 e. The van der Waals surface area contributed by atoms with Crippen LogP contribution in [-0.2, 0) is 0 Å². The van der Waals surface area contributed by atoms with Crippen molar-refractivity contribution in [3.63, 3.8) is 0 Å². The SMILES string of the molecule is O=c1c2c(ccc3c4ccccc4n(-c4ccccc4)c32)c2cc3c4ccccc4n(-c4ccccc4)c3cc2n1-c1cccc(-c2nc(-c3ccccc3)nc(-c3ccccc3)n2)c1. The molecule has 304 valence electrons. The number of pyridine rings is 1. The minimum atomic E-state index is -0.123. The van der Waals surface area contributed by atoms with E-state index in [1.54, 1.807) is 0 Å². The summed E-state index contributed by atoms with van der Waals surface area (Å²) >= 11 is 0. The van der Waals surface area contributed by atoms with Crippen LogP contribution in [0.4, 0.5) is 0 Å². The highest BCUT2D eigenvalue weighted by molar-refractivity contribution is 6.24. The van der Waals surface area contributed by atoms with Crippen molar-refractivity contribution in [1.82, 2.24) is 28.7 Å². The van der Waals surface area contributed by atoms with Crippen molar-refractivity contribution in [3.8, 4) is 51.2 Å². The lowest BCUT2D eigenvalue weighted by atomic mass is 10.00. The molecule has 0 aliphatic heterocycles. The van der Waals surface area contributed by atoms with Crippen LogP contribution in [0.2, 0.25) is 0 Å². The van der Waals surface area contributed by atoms with Crippen molar-refractivity contribution in [3.05, 3.63) is 229 Å². The van der Waals surface area contributed by atoms with Crippen molar-refractivity contribution < 1.29 is 0 Å². The molecule has 0 bridgehead atoms. The lowest BCUT2D eigenvalue weighted by Crippen LogP contribution is -2.20. The van der Waals surface area contributed by atoms with Crippen LogP contribution in [0.15, 0.2) is 223 Å². The summed E-state index contributed by atoms with van der Waals surface area (Å²) in [7, 11) is 0. The van der Waals surface area contributed by atoms with E-state index < -0.39 is 0 Å². The molecule has 0 atom stereocenters. The second-order valence-corrected chi connectivity index (χ2v) is 16.4.